The number of rotatable bonds is 6. The summed E-state index contributed by atoms with van der Waals surface area (Å²) in [5.74, 6) is -8.25. The molecule has 15 nitrogen and oxygen atoms in total. The second-order valence-electron chi connectivity index (χ2n) is 4.21. The Labute approximate surface area is 304 Å². The number of aliphatic hydroxyl groups is 2. The average molecular weight is 551 g/mol. The maximum absolute atomic E-state index is 10.1. The van der Waals surface area contributed by atoms with E-state index in [1.807, 2.05) is 0 Å². The van der Waals surface area contributed by atoms with Gasteiger partial charge in [0.05, 0.1) is 18.0 Å². The quantitative estimate of drug-likeness (QED) is 0.192. The summed E-state index contributed by atoms with van der Waals surface area (Å²) < 4.78 is 0. The minimum Gasteiger partial charge on any atom is -1.00 e. The fourth-order valence-corrected chi connectivity index (χ4v) is 0.684. The molecule has 0 aromatic heterocycles. The van der Waals surface area contributed by atoms with Crippen LogP contribution in [0.3, 0.4) is 0 Å². The second-order valence-corrected chi connectivity index (χ2v) is 4.21. The number of hydrogen-bond donors (Lipinski definition) is 5. The van der Waals surface area contributed by atoms with Gasteiger partial charge >= 0.3 is 154 Å². The molecule has 33 heavy (non-hydrogen) atoms. The normalized spacial score (nSPS) is 8.24. The molecule has 0 rings (SSSR count). The van der Waals surface area contributed by atoms with Gasteiger partial charge in [-0.2, -0.15) is 0 Å². The minimum absolute atomic E-state index is 0. The zero-order valence-electron chi connectivity index (χ0n) is 19.2. The van der Waals surface area contributed by atoms with Crippen LogP contribution in [0.25, 0.3) is 0 Å². The predicted octanol–water partition coefficient (Wildman–Crippen LogP) is -24.8. The van der Waals surface area contributed by atoms with Crippen LogP contribution in [0.5, 0.6) is 0 Å². The topological polar surface area (TPSA) is 296 Å². The van der Waals surface area contributed by atoms with Crippen molar-refractivity contribution in [2.45, 2.75) is 38.4 Å². The van der Waals surface area contributed by atoms with Gasteiger partial charge in [0.2, 0.25) is 0 Å². The number of aliphatic carboxylic acids is 5. The molecule has 0 aliphatic carbocycles. The SMILES string of the molecule is CC(=O)O.CC(O)C(=O)[O-].O=C(O)O.O=C([O-])CC(O)(CC(=O)[O-])C(=O)[O-].[Cl-].[Na+].[Na+].[Na+].[Na+].[Na+]. The Morgan fingerprint density at radius 3 is 0.970 bits per heavy atom. The first kappa shape index (κ1) is 64.7. The summed E-state index contributed by atoms with van der Waals surface area (Å²) in [6.07, 6.45) is -5.89. The molecule has 0 spiro atoms. The van der Waals surface area contributed by atoms with Gasteiger partial charge < -0.3 is 77.5 Å². The Kier molecular flexibility index (Phi) is 75.2. The second kappa shape index (κ2) is 38.4. The van der Waals surface area contributed by atoms with Crippen LogP contribution in [-0.2, 0) is 24.0 Å². The maximum atomic E-state index is 10.1. The van der Waals surface area contributed by atoms with Gasteiger partial charge in [-0.3, -0.25) is 4.79 Å². The van der Waals surface area contributed by atoms with Crippen molar-refractivity contribution in [1.82, 2.24) is 0 Å². The summed E-state index contributed by atoms with van der Waals surface area (Å²) in [5.41, 5.74) is -2.97. The minimum atomic E-state index is -2.97. The van der Waals surface area contributed by atoms with Crippen molar-refractivity contribution in [1.29, 1.82) is 0 Å². The van der Waals surface area contributed by atoms with Crippen LogP contribution in [0.1, 0.15) is 26.7 Å². The Balaban J connectivity index is -0.0000000285. The summed E-state index contributed by atoms with van der Waals surface area (Å²) in [6, 6.07) is 0. The molecule has 0 aromatic carbocycles. The number of carboxylic acids is 5. The van der Waals surface area contributed by atoms with Gasteiger partial charge in [-0.05, 0) is 6.92 Å². The molecule has 5 N–H and O–H groups in total. The van der Waals surface area contributed by atoms with Gasteiger partial charge in [0, 0.05) is 31.7 Å². The monoisotopic (exact) mass is 550 g/mol. The molecule has 0 aromatic rings. The van der Waals surface area contributed by atoms with Gasteiger partial charge in [-0.1, -0.05) is 0 Å². The predicted molar refractivity (Wildman–Crippen MR) is 69.9 cm³/mol. The Bertz CT molecular complexity index is 511. The Morgan fingerprint density at radius 1 is 0.758 bits per heavy atom. The van der Waals surface area contributed by atoms with Crippen LogP contribution in [0.4, 0.5) is 4.79 Å². The molecular weight excluding hydrogens is 535 g/mol. The fraction of sp³-hybridized carbons (Fsp3) is 0.500. The van der Waals surface area contributed by atoms with Crippen molar-refractivity contribution in [2.75, 3.05) is 0 Å². The molecular formula is C12H16ClNa5O15. The number of aliphatic hydroxyl groups excluding tert-OH is 1. The molecule has 0 saturated carbocycles. The van der Waals surface area contributed by atoms with E-state index in [0.29, 0.717) is 0 Å². The Hall–Kier alpha value is 1.83. The van der Waals surface area contributed by atoms with Gasteiger partial charge in [-0.25, -0.2) is 4.79 Å². The third-order valence-corrected chi connectivity index (χ3v) is 1.59. The number of hydrogen-bond acceptors (Lipinski definition) is 12. The van der Waals surface area contributed by atoms with Crippen molar-refractivity contribution >= 4 is 36.0 Å². The first-order chi connectivity index (χ1) is 11.9. The van der Waals surface area contributed by atoms with E-state index in [9.17, 15) is 39.6 Å². The van der Waals surface area contributed by atoms with Crippen molar-refractivity contribution in [2.24, 2.45) is 0 Å². The number of carbonyl (C=O) groups excluding carboxylic acids is 4. The van der Waals surface area contributed by atoms with E-state index >= 15 is 0 Å². The van der Waals surface area contributed by atoms with Crippen LogP contribution < -0.4 is 181 Å². The van der Waals surface area contributed by atoms with E-state index in [-0.39, 0.29) is 160 Å². The zero-order valence-corrected chi connectivity index (χ0v) is 29.9. The summed E-state index contributed by atoms with van der Waals surface area (Å²) in [5, 5.41) is 77.6. The smallest absolute Gasteiger partial charge is 1.00 e. The van der Waals surface area contributed by atoms with Crippen LogP contribution in [0.15, 0.2) is 0 Å². The van der Waals surface area contributed by atoms with Crippen molar-refractivity contribution in [3.63, 3.8) is 0 Å². The van der Waals surface area contributed by atoms with Gasteiger partial charge in [0.15, 0.2) is 0 Å². The Morgan fingerprint density at radius 2 is 0.909 bits per heavy atom. The maximum Gasteiger partial charge on any atom is 1.00 e. The molecule has 0 heterocycles. The van der Waals surface area contributed by atoms with Crippen LogP contribution in [0, 0.1) is 0 Å². The summed E-state index contributed by atoms with van der Waals surface area (Å²) in [4.78, 5) is 56.9. The third-order valence-electron chi connectivity index (χ3n) is 1.59. The number of carboxylic acid groups (broad SMARTS) is 7. The molecule has 0 saturated heterocycles. The van der Waals surface area contributed by atoms with Gasteiger partial charge in [0.25, 0.3) is 5.97 Å². The van der Waals surface area contributed by atoms with Crippen LogP contribution in [0.2, 0.25) is 0 Å². The molecule has 21 heteroatoms. The van der Waals surface area contributed by atoms with Crippen LogP contribution in [-0.4, -0.2) is 73.2 Å². The van der Waals surface area contributed by atoms with Crippen molar-refractivity contribution in [3.8, 4) is 0 Å². The first-order valence-electron chi connectivity index (χ1n) is 6.22. The van der Waals surface area contributed by atoms with E-state index in [1.54, 1.807) is 0 Å². The molecule has 0 fully saturated rings. The largest absolute Gasteiger partial charge is 1.00 e. The molecule has 0 aliphatic heterocycles. The first-order valence-corrected chi connectivity index (χ1v) is 6.22. The number of halogens is 1. The van der Waals surface area contributed by atoms with E-state index in [2.05, 4.69) is 0 Å². The van der Waals surface area contributed by atoms with E-state index in [1.165, 1.54) is 0 Å². The van der Waals surface area contributed by atoms with E-state index in [4.69, 9.17) is 35.1 Å². The van der Waals surface area contributed by atoms with E-state index < -0.39 is 60.5 Å². The van der Waals surface area contributed by atoms with Gasteiger partial charge in [0.1, 0.15) is 5.60 Å². The molecule has 1 unspecified atom stereocenters. The van der Waals surface area contributed by atoms with Crippen molar-refractivity contribution in [3.05, 3.63) is 0 Å². The zero-order chi connectivity index (χ0) is 23.0. The molecule has 0 aliphatic rings. The number of carbonyl (C=O) groups is 6. The van der Waals surface area contributed by atoms with E-state index in [0.717, 1.165) is 13.8 Å². The van der Waals surface area contributed by atoms with Gasteiger partial charge in [-0.15, -0.1) is 0 Å². The average Bonchev–Trinajstić information content (AvgIpc) is 2.35. The molecule has 1 atom stereocenters. The molecule has 0 amide bonds. The summed E-state index contributed by atoms with van der Waals surface area (Å²) >= 11 is 0. The molecule has 0 bridgehead atoms. The standard InChI is InChI=1S/C6H8O7.C3H6O3.C2H4O2.CH2O3.ClH.5Na/c7-3(8)1-6(13,5(11)12)2-4(9)10;1-2(4)3(5)6;1-2(3)4;2-1(3)4;;;;;;/h13H,1-2H2,(H,7,8)(H,9,10)(H,11,12);2,4H,1H3,(H,5,6);1H3,(H,3,4);(H2,2,3,4);1H;;;;;/q;;;;;5*+1/p-5. The fourth-order valence-electron chi connectivity index (χ4n) is 0.684. The molecule has 0 radical (unpaired) electrons. The summed E-state index contributed by atoms with van der Waals surface area (Å²) in [7, 11) is 0. The van der Waals surface area contributed by atoms with Crippen LogP contribution >= 0.6 is 0 Å². The third kappa shape index (κ3) is 71.9. The van der Waals surface area contributed by atoms with Crippen molar-refractivity contribution < 1.29 is 235 Å². The molecule has 166 valence electrons. The summed E-state index contributed by atoms with van der Waals surface area (Å²) in [6.45, 7) is 2.22.